The number of nitriles is 1. The Morgan fingerprint density at radius 1 is 1.40 bits per heavy atom. The summed E-state index contributed by atoms with van der Waals surface area (Å²) in [6.45, 7) is 0.519. The molecule has 0 saturated heterocycles. The van der Waals surface area contributed by atoms with Crippen molar-refractivity contribution >= 4 is 11.9 Å². The predicted octanol–water partition coefficient (Wildman–Crippen LogP) is 1.21. The maximum absolute atomic E-state index is 8.38. The van der Waals surface area contributed by atoms with Crippen LogP contribution in [0.3, 0.4) is 0 Å². The largest absolute Gasteiger partial charge is 0.390 e. The Morgan fingerprint density at radius 3 is 2.60 bits per heavy atom. The number of allylic oxidation sites excluding steroid dienone is 2. The minimum absolute atomic E-state index is 0.136. The van der Waals surface area contributed by atoms with Crippen molar-refractivity contribution in [2.24, 2.45) is 16.5 Å². The molecule has 0 saturated carbocycles. The highest BCUT2D eigenvalue weighted by Gasteiger charge is 1.89. The first-order valence-electron chi connectivity index (χ1n) is 4.45. The molecule has 0 unspecified atom stereocenters. The van der Waals surface area contributed by atoms with Crippen LogP contribution in [0.5, 0.6) is 0 Å². The first kappa shape index (κ1) is 11.0. The Bertz CT molecular complexity index is 409. The fourth-order valence-electron chi connectivity index (χ4n) is 0.959. The van der Waals surface area contributed by atoms with Gasteiger partial charge < -0.3 is 11.5 Å². The van der Waals surface area contributed by atoms with Crippen molar-refractivity contribution in [3.63, 3.8) is 0 Å². The zero-order valence-corrected chi connectivity index (χ0v) is 8.22. The molecule has 0 aliphatic heterocycles. The average Bonchev–Trinajstić information content (AvgIpc) is 2.29. The molecule has 1 aromatic carbocycles. The van der Waals surface area contributed by atoms with Gasteiger partial charge in [-0.25, -0.2) is 0 Å². The fraction of sp³-hybridized carbons (Fsp3) is 0.0909. The molecule has 0 fully saturated rings. The molecule has 0 heterocycles. The molecular weight excluding hydrogens is 188 g/mol. The summed E-state index contributed by atoms with van der Waals surface area (Å²) in [4.78, 5) is 4.10. The van der Waals surface area contributed by atoms with E-state index in [1.54, 1.807) is 6.07 Å². The first-order chi connectivity index (χ1) is 7.26. The normalized spacial score (nSPS) is 11.6. The minimum Gasteiger partial charge on any atom is -0.390 e. The van der Waals surface area contributed by atoms with Crippen molar-refractivity contribution in [2.45, 2.75) is 6.54 Å². The lowest BCUT2D eigenvalue weighted by atomic mass is 10.2. The molecule has 0 aromatic heterocycles. The second-order valence-corrected chi connectivity index (χ2v) is 2.88. The van der Waals surface area contributed by atoms with E-state index in [2.05, 4.69) is 4.99 Å². The van der Waals surface area contributed by atoms with Gasteiger partial charge >= 0.3 is 0 Å². The zero-order chi connectivity index (χ0) is 11.1. The molecule has 0 amide bonds. The maximum atomic E-state index is 8.38. The van der Waals surface area contributed by atoms with Gasteiger partial charge in [0.1, 0.15) is 11.8 Å². The van der Waals surface area contributed by atoms with Crippen molar-refractivity contribution in [2.75, 3.05) is 0 Å². The van der Waals surface area contributed by atoms with Gasteiger partial charge in [0.15, 0.2) is 0 Å². The SMILES string of the molecule is N#CC(N)=CC=Nc1ccc(CN)cc1. The monoisotopic (exact) mass is 200 g/mol. The average molecular weight is 200 g/mol. The molecule has 0 bridgehead atoms. The van der Waals surface area contributed by atoms with Crippen LogP contribution in [-0.4, -0.2) is 6.21 Å². The van der Waals surface area contributed by atoms with Crippen LogP contribution in [-0.2, 0) is 6.54 Å². The van der Waals surface area contributed by atoms with E-state index in [1.807, 2.05) is 24.3 Å². The molecule has 4 N–H and O–H groups in total. The molecule has 0 spiro atoms. The lowest BCUT2D eigenvalue weighted by Crippen LogP contribution is -1.94. The third-order valence-electron chi connectivity index (χ3n) is 1.78. The van der Waals surface area contributed by atoms with Gasteiger partial charge in [-0.15, -0.1) is 0 Å². The zero-order valence-electron chi connectivity index (χ0n) is 8.22. The smallest absolute Gasteiger partial charge is 0.117 e. The Kier molecular flexibility index (Phi) is 4.07. The van der Waals surface area contributed by atoms with Gasteiger partial charge in [-0.1, -0.05) is 12.1 Å². The topological polar surface area (TPSA) is 88.2 Å². The Morgan fingerprint density at radius 2 is 2.07 bits per heavy atom. The molecule has 0 aliphatic carbocycles. The van der Waals surface area contributed by atoms with E-state index >= 15 is 0 Å². The molecule has 1 rings (SSSR count). The van der Waals surface area contributed by atoms with E-state index in [0.29, 0.717) is 6.54 Å². The van der Waals surface area contributed by atoms with E-state index in [9.17, 15) is 0 Å². The molecule has 4 nitrogen and oxygen atoms in total. The number of rotatable bonds is 3. The van der Waals surface area contributed by atoms with Gasteiger partial charge in [-0.05, 0) is 23.8 Å². The molecule has 4 heteroatoms. The van der Waals surface area contributed by atoms with Crippen molar-refractivity contribution in [3.05, 3.63) is 41.6 Å². The number of nitrogens with two attached hydrogens (primary N) is 2. The summed E-state index contributed by atoms with van der Waals surface area (Å²) in [6.07, 6.45) is 2.95. The fourth-order valence-corrected chi connectivity index (χ4v) is 0.959. The van der Waals surface area contributed by atoms with Crippen LogP contribution in [0.1, 0.15) is 5.56 Å². The molecule has 0 atom stereocenters. The van der Waals surface area contributed by atoms with E-state index in [-0.39, 0.29) is 5.70 Å². The highest BCUT2D eigenvalue weighted by molar-refractivity contribution is 5.76. The van der Waals surface area contributed by atoms with E-state index in [4.69, 9.17) is 16.7 Å². The summed E-state index contributed by atoms with van der Waals surface area (Å²) in [6, 6.07) is 9.33. The van der Waals surface area contributed by atoms with Crippen LogP contribution in [0.4, 0.5) is 5.69 Å². The number of hydrogen-bond acceptors (Lipinski definition) is 4. The highest BCUT2D eigenvalue weighted by atomic mass is 14.7. The van der Waals surface area contributed by atoms with Crippen molar-refractivity contribution in [3.8, 4) is 6.07 Å². The number of hydrogen-bond donors (Lipinski definition) is 2. The van der Waals surface area contributed by atoms with Crippen LogP contribution >= 0.6 is 0 Å². The summed E-state index contributed by atoms with van der Waals surface area (Å²) in [7, 11) is 0. The predicted molar refractivity (Wildman–Crippen MR) is 60.4 cm³/mol. The highest BCUT2D eigenvalue weighted by Crippen LogP contribution is 2.11. The van der Waals surface area contributed by atoms with Gasteiger partial charge in [-0.3, -0.25) is 4.99 Å². The van der Waals surface area contributed by atoms with Crippen molar-refractivity contribution < 1.29 is 0 Å². The standard InChI is InChI=1S/C11H12N4/c12-7-9-1-3-11(4-2-9)15-6-5-10(14)8-13/h1-6H,7,12,14H2. The second-order valence-electron chi connectivity index (χ2n) is 2.88. The lowest BCUT2D eigenvalue weighted by molar-refractivity contribution is 1.07. The van der Waals surface area contributed by atoms with Crippen LogP contribution in [0.2, 0.25) is 0 Å². The molecule has 76 valence electrons. The number of nitrogens with zero attached hydrogens (tertiary/aromatic N) is 2. The van der Waals surface area contributed by atoms with E-state index < -0.39 is 0 Å². The van der Waals surface area contributed by atoms with Gasteiger partial charge in [0, 0.05) is 12.8 Å². The van der Waals surface area contributed by atoms with E-state index in [0.717, 1.165) is 11.3 Å². The Hall–Kier alpha value is -2.12. The quantitative estimate of drug-likeness (QED) is 0.567. The summed E-state index contributed by atoms with van der Waals surface area (Å²) in [5.41, 5.74) is 12.7. The molecule has 0 radical (unpaired) electrons. The molecular formula is C11H12N4. The van der Waals surface area contributed by atoms with Crippen molar-refractivity contribution in [1.29, 1.82) is 5.26 Å². The second kappa shape index (κ2) is 5.58. The lowest BCUT2D eigenvalue weighted by Gasteiger charge is -1.96. The number of aliphatic imine (C=N–C) groups is 1. The van der Waals surface area contributed by atoms with Crippen LogP contribution in [0.25, 0.3) is 0 Å². The Balaban J connectivity index is 2.70. The molecule has 0 aliphatic rings. The van der Waals surface area contributed by atoms with Gasteiger partial charge in [0.05, 0.1) is 5.69 Å². The van der Waals surface area contributed by atoms with Crippen LogP contribution in [0, 0.1) is 11.3 Å². The van der Waals surface area contributed by atoms with Crippen LogP contribution in [0.15, 0.2) is 41.0 Å². The van der Waals surface area contributed by atoms with Gasteiger partial charge in [0.2, 0.25) is 0 Å². The molecule has 1 aromatic rings. The summed E-state index contributed by atoms with van der Waals surface area (Å²) in [5, 5.41) is 8.38. The summed E-state index contributed by atoms with van der Waals surface area (Å²) >= 11 is 0. The van der Waals surface area contributed by atoms with Gasteiger partial charge in [0.25, 0.3) is 0 Å². The first-order valence-corrected chi connectivity index (χ1v) is 4.45. The van der Waals surface area contributed by atoms with E-state index in [1.165, 1.54) is 12.3 Å². The van der Waals surface area contributed by atoms with Crippen LogP contribution < -0.4 is 11.5 Å². The van der Waals surface area contributed by atoms with Crippen molar-refractivity contribution in [1.82, 2.24) is 0 Å². The number of benzene rings is 1. The summed E-state index contributed by atoms with van der Waals surface area (Å²) in [5.74, 6) is 0. The minimum atomic E-state index is 0.136. The molecule has 15 heavy (non-hydrogen) atoms. The third-order valence-corrected chi connectivity index (χ3v) is 1.78. The summed E-state index contributed by atoms with van der Waals surface area (Å²) < 4.78 is 0. The third kappa shape index (κ3) is 3.63. The Labute approximate surface area is 88.5 Å². The van der Waals surface area contributed by atoms with Gasteiger partial charge in [-0.2, -0.15) is 5.26 Å². The maximum Gasteiger partial charge on any atom is 0.117 e.